The minimum absolute atomic E-state index is 0. The van der Waals surface area contributed by atoms with Crippen LogP contribution in [0.2, 0.25) is 0 Å². The Labute approximate surface area is 122 Å². The van der Waals surface area contributed by atoms with E-state index in [4.69, 9.17) is 11.8 Å². The summed E-state index contributed by atoms with van der Waals surface area (Å²) in [5, 5.41) is 0. The minimum Gasteiger partial charge on any atom is -0.491 e. The summed E-state index contributed by atoms with van der Waals surface area (Å²) < 4.78 is 14.0. The predicted molar refractivity (Wildman–Crippen MR) is 82.0 cm³/mol. The fourth-order valence-electron chi connectivity index (χ4n) is 1.91. The zero-order valence-corrected chi connectivity index (χ0v) is 12.0. The lowest BCUT2D eigenvalue weighted by atomic mass is 10.1. The summed E-state index contributed by atoms with van der Waals surface area (Å²) in [5.74, 6) is 0.820. The Morgan fingerprint density at radius 2 is 1.63 bits per heavy atom. The molecule has 0 amide bonds. The normalized spacial score (nSPS) is 13.9. The van der Waals surface area contributed by atoms with Gasteiger partial charge in [-0.25, -0.2) is 0 Å². The quantitative estimate of drug-likeness (QED) is 0.923. The summed E-state index contributed by atoms with van der Waals surface area (Å²) in [5.41, 5.74) is 8.90. The first kappa shape index (κ1) is 13.9. The van der Waals surface area contributed by atoms with Crippen molar-refractivity contribution in [2.45, 2.75) is 19.9 Å². The van der Waals surface area contributed by atoms with Gasteiger partial charge in [0.1, 0.15) is 12.4 Å². The zero-order valence-electron chi connectivity index (χ0n) is 12.2. The molecule has 0 aliphatic carbocycles. The average molecular weight is 279 g/mol. The number of nitrogens with two attached hydrogens (primary N) is 1. The molecule has 0 bridgehead atoms. The monoisotopic (exact) mass is 278 g/mol. The predicted octanol–water partition coefficient (Wildman–Crippen LogP) is 3.80. The van der Waals surface area contributed by atoms with Crippen LogP contribution >= 0.6 is 12.4 Å². The van der Waals surface area contributed by atoms with Crippen LogP contribution in [-0.4, -0.2) is 6.61 Å². The Balaban J connectivity index is 0.00000200. The maximum absolute atomic E-state index is 8.21. The molecule has 0 radical (unpaired) electrons. The molecule has 2 rings (SSSR count). The van der Waals surface area contributed by atoms with E-state index in [0.717, 1.165) is 22.4 Å². The van der Waals surface area contributed by atoms with E-state index in [1.54, 1.807) is 0 Å². The summed E-state index contributed by atoms with van der Waals surface area (Å²) in [7, 11) is 0. The number of para-hydroxylation sites is 1. The van der Waals surface area contributed by atoms with Gasteiger partial charge < -0.3 is 10.5 Å². The minimum atomic E-state index is -1.24. The topological polar surface area (TPSA) is 35.2 Å². The van der Waals surface area contributed by atoms with Crippen LogP contribution in [0.5, 0.6) is 5.75 Å². The molecule has 3 heteroatoms. The molecular weight excluding hydrogens is 258 g/mol. The maximum atomic E-state index is 8.21. The van der Waals surface area contributed by atoms with Gasteiger partial charge >= 0.3 is 0 Å². The molecule has 2 N–H and O–H groups in total. The molecule has 0 saturated carbocycles. The van der Waals surface area contributed by atoms with Crippen LogP contribution in [0, 0.1) is 13.8 Å². The largest absolute Gasteiger partial charge is 0.491 e. The van der Waals surface area contributed by atoms with Gasteiger partial charge in [0.25, 0.3) is 0 Å². The van der Waals surface area contributed by atoms with Gasteiger partial charge in [-0.05, 0) is 30.5 Å². The molecule has 0 spiro atoms. The Morgan fingerprint density at radius 3 is 2.21 bits per heavy atom. The standard InChI is InChI=1S/C16H19NO.ClH/c1-12-7-6-8-13(2)16(12)18-11-15(17)14-9-4-3-5-10-14;/h3-10,15H,11,17H2,1-2H3;1H/i15D;. The lowest BCUT2D eigenvalue weighted by molar-refractivity contribution is 0.287. The van der Waals surface area contributed by atoms with Crippen molar-refractivity contribution in [2.24, 2.45) is 5.73 Å². The Morgan fingerprint density at radius 1 is 1.05 bits per heavy atom. The molecule has 2 aromatic rings. The third-order valence-electron chi connectivity index (χ3n) is 2.93. The van der Waals surface area contributed by atoms with E-state index in [1.165, 1.54) is 0 Å². The van der Waals surface area contributed by atoms with Gasteiger partial charge in [-0.3, -0.25) is 0 Å². The first-order chi connectivity index (χ1) is 9.00. The molecule has 0 saturated heterocycles. The molecule has 19 heavy (non-hydrogen) atoms. The maximum Gasteiger partial charge on any atom is 0.125 e. The Kier molecular flexibility index (Phi) is 5.25. The molecule has 102 valence electrons. The van der Waals surface area contributed by atoms with E-state index in [-0.39, 0.29) is 19.0 Å². The van der Waals surface area contributed by atoms with Crippen molar-refractivity contribution in [1.29, 1.82) is 0 Å². The van der Waals surface area contributed by atoms with E-state index in [2.05, 4.69) is 0 Å². The summed E-state index contributed by atoms with van der Waals surface area (Å²) in [6, 6.07) is 14.1. The van der Waals surface area contributed by atoms with Crippen LogP contribution in [0.25, 0.3) is 0 Å². The van der Waals surface area contributed by atoms with Crippen LogP contribution in [0.3, 0.4) is 0 Å². The average Bonchev–Trinajstić information content (AvgIpc) is 2.39. The first-order valence-electron chi connectivity index (χ1n) is 6.54. The van der Waals surface area contributed by atoms with Gasteiger partial charge in [0.2, 0.25) is 0 Å². The SMILES string of the molecule is Cl.[2H]C(N)(COc1c(C)cccc1C)c1ccccc1. The van der Waals surface area contributed by atoms with Gasteiger partial charge in [0.05, 0.1) is 7.39 Å². The first-order valence-corrected chi connectivity index (χ1v) is 6.04. The van der Waals surface area contributed by atoms with E-state index >= 15 is 0 Å². The van der Waals surface area contributed by atoms with Crippen LogP contribution < -0.4 is 10.5 Å². The third kappa shape index (κ3) is 3.98. The molecule has 1 unspecified atom stereocenters. The molecular formula is C16H20ClNO. The number of hydrogen-bond donors (Lipinski definition) is 1. The Bertz CT molecular complexity index is 537. The second-order valence-electron chi connectivity index (χ2n) is 4.40. The zero-order chi connectivity index (χ0) is 13.9. The van der Waals surface area contributed by atoms with Gasteiger partial charge in [-0.2, -0.15) is 0 Å². The van der Waals surface area contributed by atoms with Gasteiger partial charge in [-0.15, -0.1) is 12.4 Å². The molecule has 1 atom stereocenters. The molecule has 0 aliphatic rings. The highest BCUT2D eigenvalue weighted by molar-refractivity contribution is 5.85. The summed E-state index contributed by atoms with van der Waals surface area (Å²) in [6.45, 7) is 4.11. The van der Waals surface area contributed by atoms with Crippen molar-refractivity contribution in [1.82, 2.24) is 0 Å². The molecule has 2 nitrogen and oxygen atoms in total. The van der Waals surface area contributed by atoms with Crippen LogP contribution in [0.1, 0.15) is 24.1 Å². The van der Waals surface area contributed by atoms with E-state index in [9.17, 15) is 0 Å². The van der Waals surface area contributed by atoms with Crippen LogP contribution in [-0.2, 0) is 0 Å². The van der Waals surface area contributed by atoms with Crippen molar-refractivity contribution in [3.05, 3.63) is 65.2 Å². The number of rotatable bonds is 4. The fraction of sp³-hybridized carbons (Fsp3) is 0.250. The summed E-state index contributed by atoms with van der Waals surface area (Å²) in [6.07, 6.45) is 0. The number of benzene rings is 2. The van der Waals surface area contributed by atoms with Crippen molar-refractivity contribution in [3.8, 4) is 5.75 Å². The highest BCUT2D eigenvalue weighted by Crippen LogP contribution is 2.23. The van der Waals surface area contributed by atoms with Crippen molar-refractivity contribution < 1.29 is 6.11 Å². The summed E-state index contributed by atoms with van der Waals surface area (Å²) in [4.78, 5) is 0. The fourth-order valence-corrected chi connectivity index (χ4v) is 1.91. The molecule has 0 heterocycles. The highest BCUT2D eigenvalue weighted by Gasteiger charge is 2.08. The van der Waals surface area contributed by atoms with Gasteiger partial charge in [0.15, 0.2) is 0 Å². The van der Waals surface area contributed by atoms with E-state index in [1.807, 2.05) is 62.4 Å². The van der Waals surface area contributed by atoms with Gasteiger partial charge in [0, 0.05) is 0 Å². The summed E-state index contributed by atoms with van der Waals surface area (Å²) >= 11 is 0. The number of ether oxygens (including phenoxy) is 1. The number of aryl methyl sites for hydroxylation is 2. The molecule has 0 aromatic heterocycles. The van der Waals surface area contributed by atoms with E-state index in [0.29, 0.717) is 0 Å². The second kappa shape index (κ2) is 7.17. The second-order valence-corrected chi connectivity index (χ2v) is 4.40. The van der Waals surface area contributed by atoms with Crippen molar-refractivity contribution in [3.63, 3.8) is 0 Å². The van der Waals surface area contributed by atoms with E-state index < -0.39 is 6.02 Å². The lowest BCUT2D eigenvalue weighted by Gasteiger charge is -2.16. The highest BCUT2D eigenvalue weighted by atomic mass is 35.5. The van der Waals surface area contributed by atoms with Gasteiger partial charge in [-0.1, -0.05) is 48.5 Å². The third-order valence-corrected chi connectivity index (χ3v) is 2.93. The number of halogens is 1. The van der Waals surface area contributed by atoms with Crippen LogP contribution in [0.4, 0.5) is 0 Å². The molecule has 2 aromatic carbocycles. The molecule has 0 aliphatic heterocycles. The lowest BCUT2D eigenvalue weighted by Crippen LogP contribution is -2.19. The van der Waals surface area contributed by atoms with Crippen LogP contribution in [0.15, 0.2) is 48.5 Å². The number of hydrogen-bond acceptors (Lipinski definition) is 2. The molecule has 0 fully saturated rings. The Hall–Kier alpha value is -1.51. The van der Waals surface area contributed by atoms with Crippen molar-refractivity contribution in [2.75, 3.05) is 6.61 Å². The smallest absolute Gasteiger partial charge is 0.125 e. The van der Waals surface area contributed by atoms with Crippen molar-refractivity contribution >= 4 is 12.4 Å².